The zero-order valence-electron chi connectivity index (χ0n) is 14.3. The SMILES string of the molecule is O=C(CCc1ccccc1)Nc1n[nH]c2c1CCNC2.O=C(O)C(F)(F)F. The van der Waals surface area contributed by atoms with Gasteiger partial charge in [-0.05, 0) is 24.9 Å². The lowest BCUT2D eigenvalue weighted by molar-refractivity contribution is -0.192. The topological polar surface area (TPSA) is 107 Å². The molecule has 0 atom stereocenters. The Morgan fingerprint density at radius 1 is 1.22 bits per heavy atom. The third-order valence-electron chi connectivity index (χ3n) is 3.79. The van der Waals surface area contributed by atoms with Gasteiger partial charge in [0, 0.05) is 18.5 Å². The van der Waals surface area contributed by atoms with Gasteiger partial charge < -0.3 is 15.7 Å². The second-order valence-electron chi connectivity index (χ2n) is 5.79. The molecule has 0 saturated carbocycles. The maximum absolute atomic E-state index is 12.0. The third-order valence-corrected chi connectivity index (χ3v) is 3.79. The van der Waals surface area contributed by atoms with Gasteiger partial charge in [0.25, 0.3) is 0 Å². The molecule has 0 aliphatic carbocycles. The number of anilines is 1. The molecule has 1 aliphatic heterocycles. The summed E-state index contributed by atoms with van der Waals surface area (Å²) in [5, 5.41) is 20.5. The van der Waals surface area contributed by atoms with E-state index < -0.39 is 12.1 Å². The number of hydrogen-bond acceptors (Lipinski definition) is 4. The van der Waals surface area contributed by atoms with Crippen molar-refractivity contribution in [2.45, 2.75) is 32.0 Å². The summed E-state index contributed by atoms with van der Waals surface area (Å²) < 4.78 is 31.7. The molecule has 1 aromatic carbocycles. The molecule has 146 valence electrons. The van der Waals surface area contributed by atoms with Gasteiger partial charge in [0.05, 0.1) is 5.69 Å². The van der Waals surface area contributed by atoms with Gasteiger partial charge in [-0.15, -0.1) is 0 Å². The van der Waals surface area contributed by atoms with E-state index in [0.717, 1.165) is 37.2 Å². The Hall–Kier alpha value is -2.88. The lowest BCUT2D eigenvalue weighted by atomic mass is 10.1. The number of rotatable bonds is 4. The summed E-state index contributed by atoms with van der Waals surface area (Å²) in [6.45, 7) is 1.72. The minimum Gasteiger partial charge on any atom is -0.475 e. The molecule has 1 aromatic heterocycles. The van der Waals surface area contributed by atoms with Crippen molar-refractivity contribution in [1.29, 1.82) is 0 Å². The van der Waals surface area contributed by atoms with Crippen LogP contribution in [0.1, 0.15) is 23.2 Å². The van der Waals surface area contributed by atoms with Gasteiger partial charge in [-0.3, -0.25) is 9.89 Å². The Balaban J connectivity index is 0.000000321. The average Bonchev–Trinajstić information content (AvgIpc) is 3.04. The number of carboxylic acids is 1. The molecule has 0 spiro atoms. The van der Waals surface area contributed by atoms with Gasteiger partial charge >= 0.3 is 12.1 Å². The molecule has 4 N–H and O–H groups in total. The van der Waals surface area contributed by atoms with Crippen molar-refractivity contribution in [3.8, 4) is 0 Å². The van der Waals surface area contributed by atoms with Crippen LogP contribution in [0.15, 0.2) is 30.3 Å². The highest BCUT2D eigenvalue weighted by Crippen LogP contribution is 2.20. The van der Waals surface area contributed by atoms with Gasteiger partial charge in [-0.2, -0.15) is 18.3 Å². The Labute approximate surface area is 153 Å². The largest absolute Gasteiger partial charge is 0.490 e. The van der Waals surface area contributed by atoms with Crippen LogP contribution in [-0.4, -0.2) is 39.9 Å². The number of carboxylic acid groups (broad SMARTS) is 1. The number of aryl methyl sites for hydroxylation is 1. The number of nitrogens with one attached hydrogen (secondary N) is 3. The number of fused-ring (bicyclic) bond motifs is 1. The van der Waals surface area contributed by atoms with Crippen LogP contribution >= 0.6 is 0 Å². The lowest BCUT2D eigenvalue weighted by Gasteiger charge is -2.13. The fraction of sp³-hybridized carbons (Fsp3) is 0.353. The third kappa shape index (κ3) is 6.41. The van der Waals surface area contributed by atoms with Crippen LogP contribution in [0.3, 0.4) is 0 Å². The number of halogens is 3. The lowest BCUT2D eigenvalue weighted by Crippen LogP contribution is -2.24. The molecule has 7 nitrogen and oxygen atoms in total. The number of hydrogen-bond donors (Lipinski definition) is 4. The smallest absolute Gasteiger partial charge is 0.475 e. The van der Waals surface area contributed by atoms with Crippen LogP contribution in [0.5, 0.6) is 0 Å². The van der Waals surface area contributed by atoms with Gasteiger partial charge in [0.1, 0.15) is 0 Å². The van der Waals surface area contributed by atoms with E-state index in [1.54, 1.807) is 0 Å². The predicted octanol–water partition coefficient (Wildman–Crippen LogP) is 2.26. The van der Waals surface area contributed by atoms with E-state index in [1.807, 2.05) is 30.3 Å². The van der Waals surface area contributed by atoms with E-state index in [4.69, 9.17) is 9.90 Å². The van der Waals surface area contributed by atoms with Crippen molar-refractivity contribution in [2.24, 2.45) is 0 Å². The standard InChI is InChI=1S/C15H18N4O.C2HF3O2/c20-14(7-6-11-4-2-1-3-5-11)17-15-12-8-9-16-10-13(12)18-19-15;3-2(4,5)1(6)7/h1-5,16H,6-10H2,(H2,17,18,19,20);(H,6,7). The van der Waals surface area contributed by atoms with E-state index in [2.05, 4.69) is 20.8 Å². The van der Waals surface area contributed by atoms with Crippen molar-refractivity contribution < 1.29 is 27.9 Å². The minimum atomic E-state index is -5.08. The molecule has 10 heteroatoms. The van der Waals surface area contributed by atoms with Crippen molar-refractivity contribution in [3.05, 3.63) is 47.2 Å². The first-order chi connectivity index (χ1) is 12.8. The number of amides is 1. The highest BCUT2D eigenvalue weighted by atomic mass is 19.4. The molecule has 1 amide bonds. The first kappa shape index (κ1) is 20.4. The Morgan fingerprint density at radius 2 is 1.89 bits per heavy atom. The van der Waals surface area contributed by atoms with E-state index in [1.165, 1.54) is 5.56 Å². The first-order valence-electron chi connectivity index (χ1n) is 8.18. The van der Waals surface area contributed by atoms with Crippen molar-refractivity contribution in [1.82, 2.24) is 15.5 Å². The summed E-state index contributed by atoms with van der Waals surface area (Å²) in [5.41, 5.74) is 3.39. The average molecular weight is 384 g/mol. The number of carbonyl (C=O) groups excluding carboxylic acids is 1. The highest BCUT2D eigenvalue weighted by Gasteiger charge is 2.38. The Kier molecular flexibility index (Phi) is 6.94. The van der Waals surface area contributed by atoms with Crippen LogP contribution < -0.4 is 10.6 Å². The van der Waals surface area contributed by atoms with Gasteiger partial charge in [0.15, 0.2) is 5.82 Å². The second-order valence-corrected chi connectivity index (χ2v) is 5.79. The molecule has 0 saturated heterocycles. The summed E-state index contributed by atoms with van der Waals surface area (Å²) in [7, 11) is 0. The second kappa shape index (κ2) is 9.17. The van der Waals surface area contributed by atoms with Gasteiger partial charge in [-0.1, -0.05) is 30.3 Å². The van der Waals surface area contributed by atoms with Crippen LogP contribution in [0.25, 0.3) is 0 Å². The zero-order valence-corrected chi connectivity index (χ0v) is 14.3. The summed E-state index contributed by atoms with van der Waals surface area (Å²) >= 11 is 0. The zero-order chi connectivity index (χ0) is 19.9. The Morgan fingerprint density at radius 3 is 2.52 bits per heavy atom. The fourth-order valence-electron chi connectivity index (χ4n) is 2.44. The van der Waals surface area contributed by atoms with Gasteiger partial charge in [-0.25, -0.2) is 4.79 Å². The van der Waals surface area contributed by atoms with Crippen molar-refractivity contribution >= 4 is 17.7 Å². The number of alkyl halides is 3. The molecule has 3 rings (SSSR count). The summed E-state index contributed by atoms with van der Waals surface area (Å²) in [5.74, 6) is -2.05. The maximum atomic E-state index is 12.0. The molecule has 1 aliphatic rings. The maximum Gasteiger partial charge on any atom is 0.490 e. The molecular formula is C17H19F3N4O3. The molecule has 0 unspecified atom stereocenters. The quantitative estimate of drug-likeness (QED) is 0.647. The van der Waals surface area contributed by atoms with Crippen LogP contribution in [0, 0.1) is 0 Å². The van der Waals surface area contributed by atoms with E-state index in [9.17, 15) is 18.0 Å². The summed E-state index contributed by atoms with van der Waals surface area (Å²) in [6, 6.07) is 10.0. The van der Waals surface area contributed by atoms with Crippen molar-refractivity contribution in [2.75, 3.05) is 11.9 Å². The van der Waals surface area contributed by atoms with E-state index in [-0.39, 0.29) is 5.91 Å². The first-order valence-corrected chi connectivity index (χ1v) is 8.18. The monoisotopic (exact) mass is 384 g/mol. The van der Waals surface area contributed by atoms with Gasteiger partial charge in [0.2, 0.25) is 5.91 Å². The molecule has 2 heterocycles. The van der Waals surface area contributed by atoms with E-state index >= 15 is 0 Å². The number of aliphatic carboxylic acids is 1. The van der Waals surface area contributed by atoms with Crippen LogP contribution in [0.4, 0.5) is 19.0 Å². The number of benzene rings is 1. The number of aromatic nitrogens is 2. The molecular weight excluding hydrogens is 365 g/mol. The molecule has 0 bridgehead atoms. The highest BCUT2D eigenvalue weighted by molar-refractivity contribution is 5.90. The number of H-pyrrole nitrogens is 1. The normalized spacial score (nSPS) is 13.1. The Bertz CT molecular complexity index is 775. The van der Waals surface area contributed by atoms with Crippen LogP contribution in [-0.2, 0) is 29.0 Å². The molecule has 0 radical (unpaired) electrons. The number of nitrogens with zero attached hydrogens (tertiary/aromatic N) is 1. The molecule has 0 fully saturated rings. The minimum absolute atomic E-state index is 0.0154. The number of carbonyl (C=O) groups is 2. The van der Waals surface area contributed by atoms with Crippen LogP contribution in [0.2, 0.25) is 0 Å². The summed E-state index contributed by atoms with van der Waals surface area (Å²) in [4.78, 5) is 20.9. The van der Waals surface area contributed by atoms with E-state index in [0.29, 0.717) is 12.2 Å². The molecule has 27 heavy (non-hydrogen) atoms. The van der Waals surface area contributed by atoms with Crippen molar-refractivity contribution in [3.63, 3.8) is 0 Å². The number of aromatic amines is 1. The fourth-order valence-corrected chi connectivity index (χ4v) is 2.44. The predicted molar refractivity (Wildman–Crippen MR) is 91.1 cm³/mol. The molecule has 2 aromatic rings. The summed E-state index contributed by atoms with van der Waals surface area (Å²) in [6.07, 6.45) is -2.95.